The van der Waals surface area contributed by atoms with Crippen LogP contribution in [0.4, 0.5) is 10.1 Å². The van der Waals surface area contributed by atoms with Crippen LogP contribution in [-0.4, -0.2) is 10.5 Å². The van der Waals surface area contributed by atoms with Crippen LogP contribution in [0, 0.1) is 5.82 Å². The predicted octanol–water partition coefficient (Wildman–Crippen LogP) is 1.97. The van der Waals surface area contributed by atoms with E-state index < -0.39 is 11.8 Å². The van der Waals surface area contributed by atoms with Crippen molar-refractivity contribution in [1.82, 2.24) is 4.57 Å². The van der Waals surface area contributed by atoms with Crippen molar-refractivity contribution in [3.8, 4) is 0 Å². The van der Waals surface area contributed by atoms with E-state index in [-0.39, 0.29) is 29.3 Å². The molecule has 21 heavy (non-hydrogen) atoms. The topological polar surface area (TPSA) is 74.3 Å². The molecule has 0 saturated carbocycles. The molecule has 2 N–H and O–H groups in total. The number of carbonyl (C=O) groups excluding carboxylic acids is 1. The van der Waals surface area contributed by atoms with Gasteiger partial charge in [0.25, 0.3) is 5.56 Å². The summed E-state index contributed by atoms with van der Waals surface area (Å²) in [7, 11) is 0. The third-order valence-electron chi connectivity index (χ3n) is 2.73. The predicted molar refractivity (Wildman–Crippen MR) is 76.3 cm³/mol. The third kappa shape index (κ3) is 3.82. The summed E-state index contributed by atoms with van der Waals surface area (Å²) in [5, 5.41) is -0.0457. The Hall–Kier alpha value is -2.34. The van der Waals surface area contributed by atoms with Crippen molar-refractivity contribution in [2.24, 2.45) is 0 Å². The van der Waals surface area contributed by atoms with E-state index in [0.29, 0.717) is 5.69 Å². The van der Waals surface area contributed by atoms with Gasteiger partial charge in [0.2, 0.25) is 0 Å². The Labute approximate surface area is 124 Å². The van der Waals surface area contributed by atoms with E-state index in [1.165, 1.54) is 30.5 Å². The van der Waals surface area contributed by atoms with Gasteiger partial charge in [-0.2, -0.15) is 0 Å². The Balaban J connectivity index is 2.01. The molecule has 1 aromatic heterocycles. The van der Waals surface area contributed by atoms with E-state index in [0.717, 1.165) is 4.57 Å². The van der Waals surface area contributed by atoms with E-state index in [1.54, 1.807) is 6.07 Å². The smallest absolute Gasteiger partial charge is 0.326 e. The Kier molecular flexibility index (Phi) is 4.59. The lowest BCUT2D eigenvalue weighted by Gasteiger charge is -2.08. The second kappa shape index (κ2) is 6.41. The molecule has 0 bridgehead atoms. The van der Waals surface area contributed by atoms with Crippen molar-refractivity contribution < 1.29 is 13.9 Å². The van der Waals surface area contributed by atoms with Gasteiger partial charge in [0.1, 0.15) is 19.0 Å². The monoisotopic (exact) mass is 310 g/mol. The van der Waals surface area contributed by atoms with Crippen molar-refractivity contribution >= 4 is 23.3 Å². The molecule has 0 aliphatic carbocycles. The fraction of sp³-hybridized carbons (Fsp3) is 0.143. The summed E-state index contributed by atoms with van der Waals surface area (Å²) in [6, 6.07) is 7.09. The zero-order valence-electron chi connectivity index (χ0n) is 10.9. The van der Waals surface area contributed by atoms with E-state index in [2.05, 4.69) is 0 Å². The van der Waals surface area contributed by atoms with Crippen LogP contribution in [0.25, 0.3) is 0 Å². The van der Waals surface area contributed by atoms with Crippen LogP contribution in [-0.2, 0) is 22.7 Å². The molecule has 0 amide bonds. The molecule has 1 heterocycles. The summed E-state index contributed by atoms with van der Waals surface area (Å²) < 4.78 is 19.6. The molecule has 0 fully saturated rings. The summed E-state index contributed by atoms with van der Waals surface area (Å²) in [6.45, 7) is -0.561. The number of anilines is 1. The average Bonchev–Trinajstić information content (AvgIpc) is 2.44. The second-order valence-electron chi connectivity index (χ2n) is 4.30. The molecule has 1 aromatic carbocycles. The Morgan fingerprint density at radius 3 is 2.86 bits per heavy atom. The van der Waals surface area contributed by atoms with Crippen molar-refractivity contribution in [2.75, 3.05) is 5.73 Å². The van der Waals surface area contributed by atoms with Gasteiger partial charge in [-0.05, 0) is 12.1 Å². The van der Waals surface area contributed by atoms with Gasteiger partial charge < -0.3 is 15.0 Å². The Morgan fingerprint density at radius 2 is 2.10 bits per heavy atom. The lowest BCUT2D eigenvalue weighted by molar-refractivity contribution is -0.145. The number of benzene rings is 1. The maximum absolute atomic E-state index is 13.6. The van der Waals surface area contributed by atoms with Gasteiger partial charge >= 0.3 is 5.97 Å². The maximum atomic E-state index is 13.6. The standard InChI is InChI=1S/C14H12ClFN2O3/c15-11-3-1-2-9(14(11)16)8-21-13(20)7-18-6-10(17)4-5-12(18)19/h1-6H,7-8,17H2. The van der Waals surface area contributed by atoms with Crippen LogP contribution < -0.4 is 11.3 Å². The van der Waals surface area contributed by atoms with Gasteiger partial charge in [0.15, 0.2) is 0 Å². The van der Waals surface area contributed by atoms with Crippen LogP contribution in [0.3, 0.4) is 0 Å². The normalized spacial score (nSPS) is 10.4. The number of pyridine rings is 1. The number of aromatic nitrogens is 1. The number of ether oxygens (including phenoxy) is 1. The molecule has 110 valence electrons. The quantitative estimate of drug-likeness (QED) is 0.876. The molecule has 0 spiro atoms. The number of hydrogen-bond donors (Lipinski definition) is 1. The van der Waals surface area contributed by atoms with Gasteiger partial charge in [-0.1, -0.05) is 23.7 Å². The van der Waals surface area contributed by atoms with E-state index in [4.69, 9.17) is 22.1 Å². The van der Waals surface area contributed by atoms with Crippen LogP contribution in [0.2, 0.25) is 5.02 Å². The number of halogens is 2. The van der Waals surface area contributed by atoms with Gasteiger partial charge in [-0.25, -0.2) is 4.39 Å². The fourth-order valence-electron chi connectivity index (χ4n) is 1.68. The van der Waals surface area contributed by atoms with Crippen LogP contribution in [0.5, 0.6) is 0 Å². The summed E-state index contributed by atoms with van der Waals surface area (Å²) in [5.41, 5.74) is 5.66. The molecular formula is C14H12ClFN2O3. The minimum atomic E-state index is -0.679. The van der Waals surface area contributed by atoms with E-state index >= 15 is 0 Å². The summed E-state index contributed by atoms with van der Waals surface area (Å²) >= 11 is 5.62. The molecule has 0 aliphatic heterocycles. The zero-order valence-corrected chi connectivity index (χ0v) is 11.6. The van der Waals surface area contributed by atoms with Gasteiger partial charge in [0, 0.05) is 23.5 Å². The molecule has 0 saturated heterocycles. The minimum Gasteiger partial charge on any atom is -0.459 e. The van der Waals surface area contributed by atoms with Crippen molar-refractivity contribution in [3.63, 3.8) is 0 Å². The Morgan fingerprint density at radius 1 is 1.33 bits per heavy atom. The molecule has 0 radical (unpaired) electrons. The minimum absolute atomic E-state index is 0.0457. The van der Waals surface area contributed by atoms with Crippen LogP contribution in [0.15, 0.2) is 41.3 Å². The molecule has 0 atom stereocenters. The largest absolute Gasteiger partial charge is 0.459 e. The molecule has 0 unspecified atom stereocenters. The molecule has 5 nitrogen and oxygen atoms in total. The zero-order chi connectivity index (χ0) is 15.4. The van der Waals surface area contributed by atoms with Crippen molar-refractivity contribution in [2.45, 2.75) is 13.2 Å². The Bertz CT molecular complexity index is 730. The van der Waals surface area contributed by atoms with E-state index in [9.17, 15) is 14.0 Å². The summed E-state index contributed by atoms with van der Waals surface area (Å²) in [6.07, 6.45) is 1.34. The van der Waals surface area contributed by atoms with Crippen molar-refractivity contribution in [3.05, 3.63) is 63.3 Å². The highest BCUT2D eigenvalue weighted by atomic mass is 35.5. The first-order valence-electron chi connectivity index (χ1n) is 6.02. The van der Waals surface area contributed by atoms with E-state index in [1.807, 2.05) is 0 Å². The van der Waals surface area contributed by atoms with Crippen LogP contribution >= 0.6 is 11.6 Å². The van der Waals surface area contributed by atoms with Gasteiger partial charge in [0.05, 0.1) is 5.02 Å². The molecule has 0 aliphatic rings. The number of rotatable bonds is 4. The van der Waals surface area contributed by atoms with Gasteiger partial charge in [-0.15, -0.1) is 0 Å². The fourth-order valence-corrected chi connectivity index (χ4v) is 1.87. The number of nitrogen functional groups attached to an aromatic ring is 1. The molecular weight excluding hydrogens is 299 g/mol. The van der Waals surface area contributed by atoms with Crippen molar-refractivity contribution in [1.29, 1.82) is 0 Å². The highest BCUT2D eigenvalue weighted by Gasteiger charge is 2.10. The summed E-state index contributed by atoms with van der Waals surface area (Å²) in [4.78, 5) is 23.2. The lowest BCUT2D eigenvalue weighted by Crippen LogP contribution is -2.24. The number of esters is 1. The highest BCUT2D eigenvalue weighted by molar-refractivity contribution is 6.30. The van der Waals surface area contributed by atoms with Gasteiger partial charge in [-0.3, -0.25) is 9.59 Å². The SMILES string of the molecule is Nc1ccc(=O)n(CC(=O)OCc2cccc(Cl)c2F)c1. The summed E-state index contributed by atoms with van der Waals surface area (Å²) in [5.74, 6) is -1.31. The van der Waals surface area contributed by atoms with Crippen LogP contribution in [0.1, 0.15) is 5.56 Å². The second-order valence-corrected chi connectivity index (χ2v) is 4.71. The maximum Gasteiger partial charge on any atom is 0.326 e. The average molecular weight is 311 g/mol. The first-order valence-corrected chi connectivity index (χ1v) is 6.39. The number of nitrogens with two attached hydrogens (primary N) is 1. The molecule has 7 heteroatoms. The number of carbonyl (C=O) groups is 1. The first kappa shape index (κ1) is 15.1. The molecule has 2 aromatic rings. The number of nitrogens with zero attached hydrogens (tertiary/aromatic N) is 1. The molecule has 2 rings (SSSR count). The first-order chi connectivity index (χ1) is 9.97. The lowest BCUT2D eigenvalue weighted by atomic mass is 10.2. The third-order valence-corrected chi connectivity index (χ3v) is 3.02. The number of hydrogen-bond acceptors (Lipinski definition) is 4. The highest BCUT2D eigenvalue weighted by Crippen LogP contribution is 2.18.